The topological polar surface area (TPSA) is 88.4 Å². The van der Waals surface area contributed by atoms with E-state index in [4.69, 9.17) is 26.3 Å². The maximum absolute atomic E-state index is 11.9. The van der Waals surface area contributed by atoms with Crippen LogP contribution in [-0.2, 0) is 14.3 Å². The summed E-state index contributed by atoms with van der Waals surface area (Å²) in [4.78, 5) is 23.9. The summed E-state index contributed by atoms with van der Waals surface area (Å²) in [7, 11) is 1.52. The highest BCUT2D eigenvalue weighted by atomic mass is 35.5. The van der Waals surface area contributed by atoms with Crippen molar-refractivity contribution in [1.82, 2.24) is 5.32 Å². The number of methoxy groups -OCH3 is 1. The third-order valence-corrected chi connectivity index (χ3v) is 3.86. The molecule has 0 saturated carbocycles. The quantitative estimate of drug-likeness (QED) is 0.236. The molecule has 0 aliphatic heterocycles. The van der Waals surface area contributed by atoms with Crippen LogP contribution in [0.25, 0.3) is 12.2 Å². The summed E-state index contributed by atoms with van der Waals surface area (Å²) in [5, 5.41) is 12.3. The largest absolute Gasteiger partial charge is 0.423 e. The van der Waals surface area contributed by atoms with Crippen molar-refractivity contribution < 1.29 is 19.1 Å². The Bertz CT molecular complexity index is 960. The average Bonchev–Trinajstić information content (AvgIpc) is 2.72. The van der Waals surface area contributed by atoms with Crippen molar-refractivity contribution in [3.63, 3.8) is 0 Å². The molecule has 0 aromatic heterocycles. The Hall–Kier alpha value is -3.40. The molecule has 1 N–H and O–H groups in total. The van der Waals surface area contributed by atoms with Gasteiger partial charge in [-0.3, -0.25) is 4.79 Å². The molecule has 0 fully saturated rings. The third-order valence-electron chi connectivity index (χ3n) is 3.63. The Kier molecular flexibility index (Phi) is 8.64. The first kappa shape index (κ1) is 21.9. The lowest BCUT2D eigenvalue weighted by molar-refractivity contribution is -0.128. The van der Waals surface area contributed by atoms with E-state index in [1.54, 1.807) is 48.5 Å². The van der Waals surface area contributed by atoms with Gasteiger partial charge in [-0.05, 0) is 47.5 Å². The second-order valence-corrected chi connectivity index (χ2v) is 6.23. The van der Waals surface area contributed by atoms with Gasteiger partial charge in [0.05, 0.1) is 6.61 Å². The highest BCUT2D eigenvalue weighted by molar-refractivity contribution is 6.30. The minimum absolute atomic E-state index is 0.0321. The fourth-order valence-electron chi connectivity index (χ4n) is 2.23. The van der Waals surface area contributed by atoms with Gasteiger partial charge in [0.25, 0.3) is 5.91 Å². The van der Waals surface area contributed by atoms with Crippen molar-refractivity contribution in [2.45, 2.75) is 0 Å². The molecule has 2 rings (SSSR count). The summed E-state index contributed by atoms with van der Waals surface area (Å²) in [6.45, 7) is 0.669. The van der Waals surface area contributed by atoms with E-state index in [0.29, 0.717) is 29.5 Å². The average molecular weight is 411 g/mol. The molecule has 0 heterocycles. The molecule has 0 spiro atoms. The third kappa shape index (κ3) is 7.62. The smallest absolute Gasteiger partial charge is 0.336 e. The number of esters is 1. The standard InChI is InChI=1S/C22H19ClN2O4/c1-28-12-11-25-22(27)18(15-24)13-17-5-8-20(9-6-17)29-21(26)10-7-16-3-2-4-19(23)14-16/h2-10,13-14H,11-12H2,1H3,(H,25,27)/b10-7+,18-13+. The zero-order valence-electron chi connectivity index (χ0n) is 15.7. The van der Waals surface area contributed by atoms with E-state index in [2.05, 4.69) is 5.32 Å². The van der Waals surface area contributed by atoms with Crippen LogP contribution in [0.3, 0.4) is 0 Å². The molecule has 0 aliphatic rings. The van der Waals surface area contributed by atoms with Crippen molar-refractivity contribution in [3.05, 3.63) is 76.3 Å². The Balaban J connectivity index is 1.97. The summed E-state index contributed by atoms with van der Waals surface area (Å²) >= 11 is 5.90. The second-order valence-electron chi connectivity index (χ2n) is 5.80. The molecule has 6 nitrogen and oxygen atoms in total. The second kappa shape index (κ2) is 11.4. The van der Waals surface area contributed by atoms with Crippen LogP contribution in [-0.4, -0.2) is 32.1 Å². The van der Waals surface area contributed by atoms with Crippen LogP contribution in [0, 0.1) is 11.3 Å². The van der Waals surface area contributed by atoms with Crippen molar-refractivity contribution in [2.75, 3.05) is 20.3 Å². The number of carbonyl (C=O) groups is 2. The number of rotatable bonds is 8. The summed E-state index contributed by atoms with van der Waals surface area (Å²) < 4.78 is 10.1. The Morgan fingerprint density at radius 1 is 1.17 bits per heavy atom. The number of nitrogens with zero attached hydrogens (tertiary/aromatic N) is 1. The van der Waals surface area contributed by atoms with Gasteiger partial charge in [0, 0.05) is 24.8 Å². The van der Waals surface area contributed by atoms with Crippen LogP contribution in [0.5, 0.6) is 5.75 Å². The lowest BCUT2D eigenvalue weighted by atomic mass is 10.1. The Labute approximate surface area is 174 Å². The van der Waals surface area contributed by atoms with Gasteiger partial charge >= 0.3 is 5.97 Å². The minimum Gasteiger partial charge on any atom is -0.423 e. The van der Waals surface area contributed by atoms with E-state index >= 15 is 0 Å². The molecule has 0 unspecified atom stereocenters. The molecule has 0 radical (unpaired) electrons. The van der Waals surface area contributed by atoms with E-state index in [-0.39, 0.29) is 5.57 Å². The highest BCUT2D eigenvalue weighted by Gasteiger charge is 2.08. The summed E-state index contributed by atoms with van der Waals surface area (Å²) in [5.74, 6) is -0.680. The highest BCUT2D eigenvalue weighted by Crippen LogP contribution is 2.16. The predicted molar refractivity (Wildman–Crippen MR) is 111 cm³/mol. The number of hydrogen-bond acceptors (Lipinski definition) is 5. The molecule has 0 bridgehead atoms. The molecule has 0 saturated heterocycles. The fraction of sp³-hybridized carbons (Fsp3) is 0.136. The SMILES string of the molecule is COCCNC(=O)/C(C#N)=C/c1ccc(OC(=O)/C=C/c2cccc(Cl)c2)cc1. The van der Waals surface area contributed by atoms with Crippen molar-refractivity contribution in [2.24, 2.45) is 0 Å². The molecule has 148 valence electrons. The maximum Gasteiger partial charge on any atom is 0.336 e. The molecule has 29 heavy (non-hydrogen) atoms. The summed E-state index contributed by atoms with van der Waals surface area (Å²) in [6, 6.07) is 15.4. The summed E-state index contributed by atoms with van der Waals surface area (Å²) in [6.07, 6.45) is 4.36. The molecule has 2 aromatic carbocycles. The van der Waals surface area contributed by atoms with Crippen molar-refractivity contribution in [3.8, 4) is 11.8 Å². The number of nitrogens with one attached hydrogen (secondary N) is 1. The maximum atomic E-state index is 11.9. The first-order chi connectivity index (χ1) is 14.0. The van der Waals surface area contributed by atoms with E-state index in [0.717, 1.165) is 5.56 Å². The van der Waals surface area contributed by atoms with Gasteiger partial charge in [-0.2, -0.15) is 5.26 Å². The zero-order chi connectivity index (χ0) is 21.1. The molecule has 2 aromatic rings. The van der Waals surface area contributed by atoms with E-state index in [9.17, 15) is 9.59 Å². The molecule has 1 amide bonds. The van der Waals surface area contributed by atoms with Crippen LogP contribution in [0.4, 0.5) is 0 Å². The number of hydrogen-bond donors (Lipinski definition) is 1. The zero-order valence-corrected chi connectivity index (χ0v) is 16.5. The number of amides is 1. The Morgan fingerprint density at radius 2 is 1.93 bits per heavy atom. The molecule has 0 atom stereocenters. The first-order valence-electron chi connectivity index (χ1n) is 8.66. The number of carbonyl (C=O) groups excluding carboxylic acids is 2. The van der Waals surface area contributed by atoms with Gasteiger partial charge in [0.15, 0.2) is 0 Å². The van der Waals surface area contributed by atoms with Crippen LogP contribution in [0.15, 0.2) is 60.2 Å². The van der Waals surface area contributed by atoms with Crippen molar-refractivity contribution >= 4 is 35.6 Å². The van der Waals surface area contributed by atoms with E-state index in [1.165, 1.54) is 19.3 Å². The van der Waals surface area contributed by atoms with Crippen LogP contribution in [0.1, 0.15) is 11.1 Å². The van der Waals surface area contributed by atoms with Gasteiger partial charge in [0.2, 0.25) is 0 Å². The molecule has 0 aliphatic carbocycles. The normalized spacial score (nSPS) is 11.1. The van der Waals surface area contributed by atoms with Crippen LogP contribution < -0.4 is 10.1 Å². The fourth-order valence-corrected chi connectivity index (χ4v) is 2.43. The van der Waals surface area contributed by atoms with E-state index in [1.807, 2.05) is 12.1 Å². The van der Waals surface area contributed by atoms with Crippen molar-refractivity contribution in [1.29, 1.82) is 5.26 Å². The van der Waals surface area contributed by atoms with E-state index < -0.39 is 11.9 Å². The number of nitriles is 1. The van der Waals surface area contributed by atoms with Gasteiger partial charge in [-0.25, -0.2) is 4.79 Å². The summed E-state index contributed by atoms with van der Waals surface area (Å²) in [5.41, 5.74) is 1.37. The monoisotopic (exact) mass is 410 g/mol. The number of ether oxygens (including phenoxy) is 2. The lowest BCUT2D eigenvalue weighted by Gasteiger charge is -2.04. The Morgan fingerprint density at radius 3 is 2.59 bits per heavy atom. The van der Waals surface area contributed by atoms with Gasteiger partial charge in [-0.15, -0.1) is 0 Å². The molecular formula is C22H19ClN2O4. The minimum atomic E-state index is -0.538. The van der Waals surface area contributed by atoms with Gasteiger partial charge in [-0.1, -0.05) is 35.9 Å². The predicted octanol–water partition coefficient (Wildman–Crippen LogP) is 3.63. The number of benzene rings is 2. The first-order valence-corrected chi connectivity index (χ1v) is 9.04. The van der Waals surface area contributed by atoms with Crippen LogP contribution >= 0.6 is 11.6 Å². The van der Waals surface area contributed by atoms with Crippen LogP contribution in [0.2, 0.25) is 5.02 Å². The number of halogens is 1. The lowest BCUT2D eigenvalue weighted by Crippen LogP contribution is -2.27. The van der Waals surface area contributed by atoms with Gasteiger partial charge in [0.1, 0.15) is 17.4 Å². The van der Waals surface area contributed by atoms with Gasteiger partial charge < -0.3 is 14.8 Å². The molecular weight excluding hydrogens is 392 g/mol. The molecule has 7 heteroatoms.